The predicted octanol–water partition coefficient (Wildman–Crippen LogP) is 3.57. The van der Waals surface area contributed by atoms with Crippen molar-refractivity contribution in [1.29, 1.82) is 0 Å². The Labute approximate surface area is 137 Å². The minimum absolute atomic E-state index is 0.215. The van der Waals surface area contributed by atoms with E-state index in [1.54, 1.807) is 18.2 Å². The van der Waals surface area contributed by atoms with Gasteiger partial charge in [-0.3, -0.25) is 4.79 Å². The summed E-state index contributed by atoms with van der Waals surface area (Å²) in [6.45, 7) is 1.84. The second kappa shape index (κ2) is 5.66. The maximum Gasteiger partial charge on any atom is 0.325 e. The molecule has 2 heterocycles. The molecule has 6 heteroatoms. The van der Waals surface area contributed by atoms with Gasteiger partial charge in [0.25, 0.3) is 5.91 Å². The van der Waals surface area contributed by atoms with Crippen molar-refractivity contribution >= 4 is 22.8 Å². The fourth-order valence-corrected chi connectivity index (χ4v) is 2.46. The summed E-state index contributed by atoms with van der Waals surface area (Å²) in [5, 5.41) is 7.22. The summed E-state index contributed by atoms with van der Waals surface area (Å²) in [6.07, 6.45) is 0. The van der Waals surface area contributed by atoms with Gasteiger partial charge in [0, 0.05) is 11.6 Å². The number of para-hydroxylation sites is 2. The van der Waals surface area contributed by atoms with Crippen molar-refractivity contribution in [2.24, 2.45) is 0 Å². The van der Waals surface area contributed by atoms with Crippen molar-refractivity contribution in [3.63, 3.8) is 0 Å². The van der Waals surface area contributed by atoms with E-state index in [9.17, 15) is 4.79 Å². The number of hydrogen-bond donors (Lipinski definition) is 1. The van der Waals surface area contributed by atoms with Gasteiger partial charge in [-0.05, 0) is 31.2 Å². The summed E-state index contributed by atoms with van der Waals surface area (Å²) in [5.74, 6) is 0.292. The Morgan fingerprint density at radius 1 is 1.08 bits per heavy atom. The smallest absolute Gasteiger partial charge is 0.325 e. The molecule has 0 aliphatic heterocycles. The molecule has 0 radical (unpaired) electrons. The van der Waals surface area contributed by atoms with Gasteiger partial charge in [-0.25, -0.2) is 0 Å². The van der Waals surface area contributed by atoms with Crippen LogP contribution in [0.4, 0.5) is 5.82 Å². The SMILES string of the molecule is Cc1cc(NC(=O)c2ccccc2)n(-c2nc3ccccc3o2)n1. The standard InChI is InChI=1S/C18H14N4O2/c1-12-11-16(20-17(23)13-7-3-2-4-8-13)22(21-12)18-19-14-9-5-6-10-15(14)24-18/h2-11H,1H3,(H,20,23). The average Bonchev–Trinajstić information content (AvgIpc) is 3.18. The molecule has 4 aromatic rings. The molecule has 0 fully saturated rings. The lowest BCUT2D eigenvalue weighted by Gasteiger charge is -2.05. The molecule has 24 heavy (non-hydrogen) atoms. The predicted molar refractivity (Wildman–Crippen MR) is 90.3 cm³/mol. The first-order valence-electron chi connectivity index (χ1n) is 7.50. The summed E-state index contributed by atoms with van der Waals surface area (Å²) in [5.41, 5.74) is 2.73. The normalized spacial score (nSPS) is 10.9. The number of benzene rings is 2. The van der Waals surface area contributed by atoms with E-state index in [-0.39, 0.29) is 5.91 Å². The zero-order chi connectivity index (χ0) is 16.5. The van der Waals surface area contributed by atoms with Gasteiger partial charge in [0.1, 0.15) is 11.3 Å². The highest BCUT2D eigenvalue weighted by Crippen LogP contribution is 2.22. The third-order valence-electron chi connectivity index (χ3n) is 3.57. The number of fused-ring (bicyclic) bond motifs is 1. The number of hydrogen-bond acceptors (Lipinski definition) is 4. The third-order valence-corrected chi connectivity index (χ3v) is 3.57. The summed E-state index contributed by atoms with van der Waals surface area (Å²) >= 11 is 0. The Morgan fingerprint density at radius 3 is 2.62 bits per heavy atom. The quantitative estimate of drug-likeness (QED) is 0.626. The molecule has 0 aliphatic carbocycles. The monoisotopic (exact) mass is 318 g/mol. The number of nitrogens with zero attached hydrogens (tertiary/aromatic N) is 3. The number of oxazole rings is 1. The van der Waals surface area contributed by atoms with Crippen molar-refractivity contribution in [1.82, 2.24) is 14.8 Å². The largest absolute Gasteiger partial charge is 0.422 e. The molecular formula is C18H14N4O2. The van der Waals surface area contributed by atoms with Gasteiger partial charge in [-0.2, -0.15) is 14.8 Å². The fourth-order valence-electron chi connectivity index (χ4n) is 2.46. The molecule has 6 nitrogen and oxygen atoms in total. The highest BCUT2D eigenvalue weighted by atomic mass is 16.4. The van der Waals surface area contributed by atoms with Crippen LogP contribution in [0.15, 0.2) is 65.1 Å². The third kappa shape index (κ3) is 2.54. The van der Waals surface area contributed by atoms with Crippen molar-refractivity contribution in [3.05, 3.63) is 71.9 Å². The molecule has 1 N–H and O–H groups in total. The van der Waals surface area contributed by atoms with Crippen LogP contribution in [-0.2, 0) is 0 Å². The van der Waals surface area contributed by atoms with Gasteiger partial charge < -0.3 is 9.73 Å². The molecule has 0 bridgehead atoms. The Morgan fingerprint density at radius 2 is 1.83 bits per heavy atom. The number of anilines is 1. The van der Waals surface area contributed by atoms with Crippen molar-refractivity contribution < 1.29 is 9.21 Å². The highest BCUT2D eigenvalue weighted by Gasteiger charge is 2.16. The molecular weight excluding hydrogens is 304 g/mol. The Bertz CT molecular complexity index is 985. The van der Waals surface area contributed by atoms with Crippen molar-refractivity contribution in [2.75, 3.05) is 5.32 Å². The van der Waals surface area contributed by atoms with Crippen LogP contribution in [0.3, 0.4) is 0 Å². The number of aryl methyl sites for hydroxylation is 1. The zero-order valence-electron chi connectivity index (χ0n) is 12.9. The molecule has 2 aromatic carbocycles. The second-order valence-electron chi connectivity index (χ2n) is 5.37. The lowest BCUT2D eigenvalue weighted by molar-refractivity contribution is 0.102. The molecule has 1 amide bonds. The second-order valence-corrected chi connectivity index (χ2v) is 5.37. The van der Waals surface area contributed by atoms with Crippen LogP contribution < -0.4 is 5.32 Å². The zero-order valence-corrected chi connectivity index (χ0v) is 12.9. The maximum atomic E-state index is 12.4. The van der Waals surface area contributed by atoms with E-state index < -0.39 is 0 Å². The van der Waals surface area contributed by atoms with Crippen molar-refractivity contribution in [2.45, 2.75) is 6.92 Å². The molecule has 0 saturated carbocycles. The summed E-state index contributed by atoms with van der Waals surface area (Å²) < 4.78 is 7.23. The summed E-state index contributed by atoms with van der Waals surface area (Å²) in [4.78, 5) is 16.8. The minimum Gasteiger partial charge on any atom is -0.422 e. The van der Waals surface area contributed by atoms with Gasteiger partial charge in [0.15, 0.2) is 5.58 Å². The molecule has 4 rings (SSSR count). The molecule has 0 unspecified atom stereocenters. The van der Waals surface area contributed by atoms with E-state index >= 15 is 0 Å². The number of carbonyl (C=O) groups is 1. The Kier molecular flexibility index (Phi) is 3.35. The van der Waals surface area contributed by atoms with Crippen LogP contribution in [0.2, 0.25) is 0 Å². The van der Waals surface area contributed by atoms with Gasteiger partial charge in [0.05, 0.1) is 5.69 Å². The number of nitrogens with one attached hydrogen (secondary N) is 1. The Hall–Kier alpha value is -3.41. The first-order valence-corrected chi connectivity index (χ1v) is 7.50. The van der Waals surface area contributed by atoms with E-state index in [4.69, 9.17) is 4.42 Å². The van der Waals surface area contributed by atoms with Crippen LogP contribution in [0.5, 0.6) is 0 Å². The van der Waals surface area contributed by atoms with Crippen LogP contribution in [0.1, 0.15) is 16.1 Å². The maximum absolute atomic E-state index is 12.4. The van der Waals surface area contributed by atoms with Gasteiger partial charge in [0.2, 0.25) is 0 Å². The average molecular weight is 318 g/mol. The number of amides is 1. The van der Waals surface area contributed by atoms with Gasteiger partial charge in [-0.15, -0.1) is 0 Å². The Balaban J connectivity index is 1.71. The van der Waals surface area contributed by atoms with Crippen LogP contribution >= 0.6 is 0 Å². The van der Waals surface area contributed by atoms with Crippen LogP contribution in [0, 0.1) is 6.92 Å². The lowest BCUT2D eigenvalue weighted by atomic mass is 10.2. The molecule has 0 spiro atoms. The topological polar surface area (TPSA) is 73.0 Å². The van der Waals surface area contributed by atoms with E-state index in [0.717, 1.165) is 11.2 Å². The number of rotatable bonds is 3. The van der Waals surface area contributed by atoms with E-state index in [2.05, 4.69) is 15.4 Å². The highest BCUT2D eigenvalue weighted by molar-refractivity contribution is 6.03. The summed E-state index contributed by atoms with van der Waals surface area (Å²) in [6, 6.07) is 18.6. The van der Waals surface area contributed by atoms with Crippen LogP contribution in [-0.4, -0.2) is 20.7 Å². The first-order chi connectivity index (χ1) is 11.7. The van der Waals surface area contributed by atoms with E-state index in [1.807, 2.05) is 49.4 Å². The van der Waals surface area contributed by atoms with E-state index in [1.165, 1.54) is 4.68 Å². The summed E-state index contributed by atoms with van der Waals surface area (Å²) in [7, 11) is 0. The minimum atomic E-state index is -0.215. The molecule has 0 aliphatic rings. The molecule has 118 valence electrons. The fraction of sp³-hybridized carbons (Fsp3) is 0.0556. The molecule has 2 aromatic heterocycles. The van der Waals surface area contributed by atoms with Gasteiger partial charge in [-0.1, -0.05) is 30.3 Å². The first kappa shape index (κ1) is 14.2. The number of carbonyl (C=O) groups excluding carboxylic acids is 1. The van der Waals surface area contributed by atoms with Crippen LogP contribution in [0.25, 0.3) is 17.1 Å². The van der Waals surface area contributed by atoms with Crippen molar-refractivity contribution in [3.8, 4) is 6.01 Å². The number of aromatic nitrogens is 3. The molecule has 0 atom stereocenters. The van der Waals surface area contributed by atoms with E-state index in [0.29, 0.717) is 23.0 Å². The lowest BCUT2D eigenvalue weighted by Crippen LogP contribution is -2.15. The molecule has 0 saturated heterocycles. The van der Waals surface area contributed by atoms with Gasteiger partial charge >= 0.3 is 6.01 Å².